The summed E-state index contributed by atoms with van der Waals surface area (Å²) in [6.07, 6.45) is 0.930. The molecule has 0 aliphatic carbocycles. The third kappa shape index (κ3) is 6.13. The molecule has 0 saturated heterocycles. The van der Waals surface area contributed by atoms with Gasteiger partial charge in [-0.05, 0) is 43.2 Å². The third-order valence-electron chi connectivity index (χ3n) is 4.35. The summed E-state index contributed by atoms with van der Waals surface area (Å²) in [4.78, 5) is 27.1. The molecule has 0 aliphatic heterocycles. The topological polar surface area (TPSA) is 49.4 Å². The maximum absolute atomic E-state index is 13.1. The minimum atomic E-state index is -0.675. The van der Waals surface area contributed by atoms with E-state index < -0.39 is 6.04 Å². The molecule has 150 valence electrons. The number of rotatable bonds is 8. The Bertz CT molecular complexity index is 822. The van der Waals surface area contributed by atoms with Crippen LogP contribution in [0.2, 0.25) is 15.1 Å². The molecule has 0 fully saturated rings. The lowest BCUT2D eigenvalue weighted by molar-refractivity contribution is -0.140. The van der Waals surface area contributed by atoms with Crippen molar-refractivity contribution in [3.8, 4) is 0 Å². The summed E-state index contributed by atoms with van der Waals surface area (Å²) < 4.78 is 0. The zero-order valence-electron chi connectivity index (χ0n) is 15.8. The maximum atomic E-state index is 13.1. The van der Waals surface area contributed by atoms with Crippen LogP contribution >= 0.6 is 34.8 Å². The number of halogens is 3. The lowest BCUT2D eigenvalue weighted by atomic mass is 10.1. The molecule has 0 radical (unpaired) electrons. The highest BCUT2D eigenvalue weighted by Crippen LogP contribution is 2.27. The van der Waals surface area contributed by atoms with Gasteiger partial charge in [0.1, 0.15) is 6.04 Å². The Balaban J connectivity index is 2.29. The molecule has 2 amide bonds. The predicted octanol–water partition coefficient (Wildman–Crippen LogP) is 5.13. The van der Waals surface area contributed by atoms with Crippen LogP contribution in [0.1, 0.15) is 31.4 Å². The molecule has 7 heteroatoms. The van der Waals surface area contributed by atoms with Gasteiger partial charge >= 0.3 is 0 Å². The molecule has 1 atom stereocenters. The number of hydrogen-bond acceptors (Lipinski definition) is 2. The molecule has 0 spiro atoms. The fourth-order valence-corrected chi connectivity index (χ4v) is 3.49. The van der Waals surface area contributed by atoms with Crippen molar-refractivity contribution >= 4 is 46.6 Å². The van der Waals surface area contributed by atoms with Crippen molar-refractivity contribution in [1.82, 2.24) is 10.2 Å². The summed E-state index contributed by atoms with van der Waals surface area (Å²) in [5.41, 5.74) is 1.38. The van der Waals surface area contributed by atoms with Crippen LogP contribution in [0.25, 0.3) is 0 Å². The first kappa shape index (κ1) is 22.5. The van der Waals surface area contributed by atoms with Gasteiger partial charge in [-0.25, -0.2) is 0 Å². The van der Waals surface area contributed by atoms with E-state index in [9.17, 15) is 9.59 Å². The molecule has 0 aromatic heterocycles. The lowest BCUT2D eigenvalue weighted by Crippen LogP contribution is -2.48. The van der Waals surface area contributed by atoms with Crippen molar-refractivity contribution in [2.75, 3.05) is 6.54 Å². The molecule has 2 aromatic carbocycles. The molecule has 1 N–H and O–H groups in total. The quantitative estimate of drug-likeness (QED) is 0.617. The van der Waals surface area contributed by atoms with Crippen molar-refractivity contribution in [2.24, 2.45) is 0 Å². The van der Waals surface area contributed by atoms with Crippen LogP contribution in [-0.4, -0.2) is 29.3 Å². The van der Waals surface area contributed by atoms with E-state index in [4.69, 9.17) is 34.8 Å². The van der Waals surface area contributed by atoms with E-state index in [0.717, 1.165) is 12.0 Å². The molecule has 0 heterocycles. The lowest BCUT2D eigenvalue weighted by Gasteiger charge is -2.29. The SMILES string of the molecule is CCCNC(=O)[C@@H](C)N(Cc1c(Cl)cccc1Cl)C(=O)Cc1cccc(Cl)c1. The van der Waals surface area contributed by atoms with Gasteiger partial charge < -0.3 is 10.2 Å². The van der Waals surface area contributed by atoms with Gasteiger partial charge in [-0.15, -0.1) is 0 Å². The van der Waals surface area contributed by atoms with E-state index >= 15 is 0 Å². The first-order chi connectivity index (χ1) is 13.3. The second kappa shape index (κ2) is 10.7. The highest BCUT2D eigenvalue weighted by molar-refractivity contribution is 6.36. The van der Waals surface area contributed by atoms with Crippen LogP contribution in [0.15, 0.2) is 42.5 Å². The Morgan fingerprint density at radius 1 is 1.07 bits per heavy atom. The van der Waals surface area contributed by atoms with E-state index in [1.54, 1.807) is 43.3 Å². The highest BCUT2D eigenvalue weighted by Gasteiger charge is 2.27. The summed E-state index contributed by atoms with van der Waals surface area (Å²) in [7, 11) is 0. The molecule has 0 aliphatic rings. The number of amides is 2. The Hall–Kier alpha value is -1.75. The van der Waals surface area contributed by atoms with Gasteiger partial charge in [-0.1, -0.05) is 59.9 Å². The van der Waals surface area contributed by atoms with Gasteiger partial charge in [0, 0.05) is 33.7 Å². The van der Waals surface area contributed by atoms with Crippen molar-refractivity contribution < 1.29 is 9.59 Å². The maximum Gasteiger partial charge on any atom is 0.242 e. The van der Waals surface area contributed by atoms with Gasteiger partial charge in [0.25, 0.3) is 0 Å². The second-order valence-corrected chi connectivity index (χ2v) is 7.75. The minimum Gasteiger partial charge on any atom is -0.354 e. The van der Waals surface area contributed by atoms with Crippen LogP contribution in [0, 0.1) is 0 Å². The molecule has 2 rings (SSSR count). The van der Waals surface area contributed by atoms with Crippen molar-refractivity contribution in [2.45, 2.75) is 39.3 Å². The monoisotopic (exact) mass is 440 g/mol. The minimum absolute atomic E-state index is 0.119. The van der Waals surface area contributed by atoms with Crippen LogP contribution in [0.4, 0.5) is 0 Å². The highest BCUT2D eigenvalue weighted by atomic mass is 35.5. The Morgan fingerprint density at radius 2 is 1.71 bits per heavy atom. The largest absolute Gasteiger partial charge is 0.354 e. The number of hydrogen-bond donors (Lipinski definition) is 1. The summed E-state index contributed by atoms with van der Waals surface area (Å²) in [5.74, 6) is -0.429. The Labute approximate surface area is 180 Å². The Kier molecular flexibility index (Phi) is 8.61. The fraction of sp³-hybridized carbons (Fsp3) is 0.333. The average molecular weight is 442 g/mol. The van der Waals surface area contributed by atoms with Crippen LogP contribution in [-0.2, 0) is 22.6 Å². The van der Waals surface area contributed by atoms with E-state index in [-0.39, 0.29) is 24.8 Å². The molecule has 4 nitrogen and oxygen atoms in total. The summed E-state index contributed by atoms with van der Waals surface area (Å²) in [6, 6.07) is 11.6. The molecule has 28 heavy (non-hydrogen) atoms. The average Bonchev–Trinajstić information content (AvgIpc) is 2.65. The predicted molar refractivity (Wildman–Crippen MR) is 115 cm³/mol. The van der Waals surface area contributed by atoms with Gasteiger partial charge in [0.15, 0.2) is 0 Å². The van der Waals surface area contributed by atoms with E-state index in [1.165, 1.54) is 4.90 Å². The van der Waals surface area contributed by atoms with E-state index in [0.29, 0.717) is 27.2 Å². The first-order valence-corrected chi connectivity index (χ1v) is 10.2. The van der Waals surface area contributed by atoms with Crippen molar-refractivity contribution in [3.05, 3.63) is 68.7 Å². The smallest absolute Gasteiger partial charge is 0.242 e. The second-order valence-electron chi connectivity index (χ2n) is 6.50. The van der Waals surface area contributed by atoms with Gasteiger partial charge in [-0.3, -0.25) is 9.59 Å². The molecular formula is C21H23Cl3N2O2. The number of nitrogens with zero attached hydrogens (tertiary/aromatic N) is 1. The number of carbonyl (C=O) groups excluding carboxylic acids is 2. The fourth-order valence-electron chi connectivity index (χ4n) is 2.76. The molecule has 0 bridgehead atoms. The van der Waals surface area contributed by atoms with Crippen LogP contribution in [0.3, 0.4) is 0 Å². The first-order valence-electron chi connectivity index (χ1n) is 9.08. The van der Waals surface area contributed by atoms with Crippen LogP contribution in [0.5, 0.6) is 0 Å². The molecule has 2 aromatic rings. The normalized spacial score (nSPS) is 11.8. The zero-order valence-corrected chi connectivity index (χ0v) is 18.1. The summed E-state index contributed by atoms with van der Waals surface area (Å²) in [6.45, 7) is 4.35. The summed E-state index contributed by atoms with van der Waals surface area (Å²) in [5, 5.41) is 4.30. The number of carbonyl (C=O) groups is 2. The van der Waals surface area contributed by atoms with Gasteiger partial charge in [0.2, 0.25) is 11.8 Å². The zero-order chi connectivity index (χ0) is 20.7. The summed E-state index contributed by atoms with van der Waals surface area (Å²) >= 11 is 18.6. The van der Waals surface area contributed by atoms with Crippen molar-refractivity contribution in [1.29, 1.82) is 0 Å². The van der Waals surface area contributed by atoms with Crippen LogP contribution < -0.4 is 5.32 Å². The van der Waals surface area contributed by atoms with Gasteiger partial charge in [0.05, 0.1) is 6.42 Å². The van der Waals surface area contributed by atoms with Crippen molar-refractivity contribution in [3.63, 3.8) is 0 Å². The third-order valence-corrected chi connectivity index (χ3v) is 5.29. The number of nitrogens with one attached hydrogen (secondary N) is 1. The molecular weight excluding hydrogens is 419 g/mol. The number of benzene rings is 2. The van der Waals surface area contributed by atoms with E-state index in [1.807, 2.05) is 13.0 Å². The molecule has 0 unspecified atom stereocenters. The van der Waals surface area contributed by atoms with Gasteiger partial charge in [-0.2, -0.15) is 0 Å². The van der Waals surface area contributed by atoms with E-state index in [2.05, 4.69) is 5.32 Å². The standard InChI is InChI=1S/C21H23Cl3N2O2/c1-3-10-25-21(28)14(2)26(13-17-18(23)8-5-9-19(17)24)20(27)12-15-6-4-7-16(22)11-15/h4-9,11,14H,3,10,12-13H2,1-2H3,(H,25,28)/t14-/m1/s1. The molecule has 0 saturated carbocycles. The Morgan fingerprint density at radius 3 is 2.32 bits per heavy atom.